The highest BCUT2D eigenvalue weighted by atomic mass is 32.1. The smallest absolute Gasteiger partial charge is 0.248 e. The van der Waals surface area contributed by atoms with Crippen LogP contribution in [0.3, 0.4) is 0 Å². The predicted octanol–water partition coefficient (Wildman–Crippen LogP) is 3.60. The van der Waals surface area contributed by atoms with E-state index in [9.17, 15) is 4.79 Å². The first kappa shape index (κ1) is 14.0. The van der Waals surface area contributed by atoms with Crippen molar-refractivity contribution in [2.24, 2.45) is 5.73 Å². The molecule has 3 nitrogen and oxygen atoms in total. The molecule has 0 aliphatic rings. The fourth-order valence-electron chi connectivity index (χ4n) is 1.55. The molecule has 0 aliphatic carbocycles. The summed E-state index contributed by atoms with van der Waals surface area (Å²) in [6.45, 7) is 0. The predicted molar refractivity (Wildman–Crippen MR) is 82.5 cm³/mol. The van der Waals surface area contributed by atoms with Crippen LogP contribution in [0.1, 0.15) is 10.4 Å². The fourth-order valence-corrected chi connectivity index (χ4v) is 2.19. The molecule has 0 unspecified atom stereocenters. The molecule has 2 N–H and O–H groups in total. The minimum absolute atomic E-state index is 0.379. The average Bonchev–Trinajstić information content (AvgIpc) is 3.04. The van der Waals surface area contributed by atoms with E-state index < -0.39 is 0 Å². The van der Waals surface area contributed by atoms with Gasteiger partial charge in [0.2, 0.25) is 5.91 Å². The number of primary amides is 1. The maximum Gasteiger partial charge on any atom is 0.248 e. The highest BCUT2D eigenvalue weighted by Gasteiger charge is 1.96. The first-order valence-corrected chi connectivity index (χ1v) is 6.95. The Morgan fingerprint density at radius 3 is 2.00 bits per heavy atom. The van der Waals surface area contributed by atoms with Gasteiger partial charge >= 0.3 is 0 Å². The topological polar surface area (TPSA) is 56.0 Å². The Kier molecular flexibility index (Phi) is 5.03. The molecule has 0 aliphatic heterocycles. The Morgan fingerprint density at radius 2 is 1.55 bits per heavy atom. The molecule has 0 atom stereocenters. The lowest BCUT2D eigenvalue weighted by molar-refractivity contribution is 0.100. The van der Waals surface area contributed by atoms with Crippen LogP contribution in [0, 0.1) is 0 Å². The highest BCUT2D eigenvalue weighted by molar-refractivity contribution is 7.13. The van der Waals surface area contributed by atoms with Gasteiger partial charge < -0.3 is 5.73 Å². The number of amides is 1. The zero-order valence-corrected chi connectivity index (χ0v) is 11.6. The standard InChI is InChI=1S/C9H7NS.C7H7NO/c1-2-4-8(5-3-1)9-10-6-7-11-9;8-7(9)6-4-2-1-3-5-6/h1-7H;1-5H,(H2,8,9). The molecule has 3 rings (SSSR count). The first-order valence-electron chi connectivity index (χ1n) is 6.07. The number of nitrogens with two attached hydrogens (primary N) is 1. The number of hydrogen-bond acceptors (Lipinski definition) is 3. The van der Waals surface area contributed by atoms with E-state index in [1.165, 1.54) is 5.56 Å². The summed E-state index contributed by atoms with van der Waals surface area (Å²) in [5, 5.41) is 3.08. The van der Waals surface area contributed by atoms with E-state index >= 15 is 0 Å². The van der Waals surface area contributed by atoms with E-state index in [-0.39, 0.29) is 5.91 Å². The van der Waals surface area contributed by atoms with Crippen molar-refractivity contribution in [3.63, 3.8) is 0 Å². The number of nitrogens with zero attached hydrogens (tertiary/aromatic N) is 1. The zero-order valence-electron chi connectivity index (χ0n) is 10.8. The van der Waals surface area contributed by atoms with E-state index in [0.717, 1.165) is 5.01 Å². The minimum Gasteiger partial charge on any atom is -0.366 e. The molecule has 0 saturated heterocycles. The number of rotatable bonds is 2. The van der Waals surface area contributed by atoms with Crippen molar-refractivity contribution in [2.75, 3.05) is 0 Å². The van der Waals surface area contributed by atoms with E-state index in [2.05, 4.69) is 17.1 Å². The van der Waals surface area contributed by atoms with E-state index in [1.54, 1.807) is 35.6 Å². The Balaban J connectivity index is 0.000000151. The molecule has 0 fully saturated rings. The number of thiazole rings is 1. The second kappa shape index (κ2) is 7.21. The van der Waals surface area contributed by atoms with Crippen molar-refractivity contribution in [3.8, 4) is 10.6 Å². The second-order valence-corrected chi connectivity index (χ2v) is 4.83. The molecule has 0 saturated carbocycles. The SMILES string of the molecule is NC(=O)c1ccccc1.c1ccc(-c2nccs2)cc1. The van der Waals surface area contributed by atoms with Crippen LogP contribution in [0.5, 0.6) is 0 Å². The normalized spacial score (nSPS) is 9.40. The van der Waals surface area contributed by atoms with Gasteiger partial charge in [0, 0.05) is 22.7 Å². The van der Waals surface area contributed by atoms with Crippen LogP contribution in [-0.2, 0) is 0 Å². The zero-order chi connectivity index (χ0) is 14.2. The van der Waals surface area contributed by atoms with E-state index in [4.69, 9.17) is 5.73 Å². The summed E-state index contributed by atoms with van der Waals surface area (Å²) in [5.41, 5.74) is 6.72. The molecule has 0 bridgehead atoms. The first-order chi connectivity index (χ1) is 9.77. The molecule has 3 aromatic rings. The second-order valence-electron chi connectivity index (χ2n) is 3.93. The lowest BCUT2D eigenvalue weighted by Crippen LogP contribution is -2.09. The van der Waals surface area contributed by atoms with E-state index in [0.29, 0.717) is 5.56 Å². The lowest BCUT2D eigenvalue weighted by Gasteiger charge is -1.91. The lowest BCUT2D eigenvalue weighted by atomic mass is 10.2. The molecule has 1 aromatic heterocycles. The molecule has 1 amide bonds. The molecule has 20 heavy (non-hydrogen) atoms. The van der Waals surface area contributed by atoms with Gasteiger partial charge in [0.15, 0.2) is 0 Å². The van der Waals surface area contributed by atoms with Gasteiger partial charge in [-0.05, 0) is 12.1 Å². The van der Waals surface area contributed by atoms with Crippen molar-refractivity contribution < 1.29 is 4.79 Å². The number of hydrogen-bond donors (Lipinski definition) is 1. The third kappa shape index (κ3) is 4.03. The van der Waals surface area contributed by atoms with Crippen LogP contribution < -0.4 is 5.73 Å². The number of benzene rings is 2. The number of aromatic nitrogens is 1. The molecule has 0 radical (unpaired) electrons. The summed E-state index contributed by atoms with van der Waals surface area (Å²) in [6, 6.07) is 19.0. The third-order valence-electron chi connectivity index (χ3n) is 2.51. The maximum absolute atomic E-state index is 10.4. The Labute approximate surface area is 121 Å². The Morgan fingerprint density at radius 1 is 0.950 bits per heavy atom. The van der Waals surface area contributed by atoms with Crippen molar-refractivity contribution in [3.05, 3.63) is 77.8 Å². The third-order valence-corrected chi connectivity index (χ3v) is 3.33. The van der Waals surface area contributed by atoms with Crippen molar-refractivity contribution in [1.29, 1.82) is 0 Å². The van der Waals surface area contributed by atoms with Crippen LogP contribution in [-0.4, -0.2) is 10.9 Å². The summed E-state index contributed by atoms with van der Waals surface area (Å²) in [4.78, 5) is 14.6. The van der Waals surface area contributed by atoms with Crippen LogP contribution >= 0.6 is 11.3 Å². The van der Waals surface area contributed by atoms with Gasteiger partial charge in [0.25, 0.3) is 0 Å². The van der Waals surface area contributed by atoms with E-state index in [1.807, 2.05) is 35.8 Å². The monoisotopic (exact) mass is 282 g/mol. The molecular weight excluding hydrogens is 268 g/mol. The van der Waals surface area contributed by atoms with Gasteiger partial charge in [-0.15, -0.1) is 11.3 Å². The quantitative estimate of drug-likeness (QED) is 0.780. The number of carbonyl (C=O) groups is 1. The van der Waals surface area contributed by atoms with Gasteiger partial charge in [-0.1, -0.05) is 48.5 Å². The van der Waals surface area contributed by atoms with Gasteiger partial charge in [-0.2, -0.15) is 0 Å². The van der Waals surface area contributed by atoms with Crippen molar-refractivity contribution in [2.45, 2.75) is 0 Å². The summed E-state index contributed by atoms with van der Waals surface area (Å²) < 4.78 is 0. The van der Waals surface area contributed by atoms with Gasteiger partial charge in [0.05, 0.1) is 0 Å². The molecule has 4 heteroatoms. The van der Waals surface area contributed by atoms with Crippen molar-refractivity contribution in [1.82, 2.24) is 4.98 Å². The maximum atomic E-state index is 10.4. The van der Waals surface area contributed by atoms with Crippen LogP contribution in [0.25, 0.3) is 10.6 Å². The fraction of sp³-hybridized carbons (Fsp3) is 0. The Bertz CT molecular complexity index is 637. The molecule has 100 valence electrons. The van der Waals surface area contributed by atoms with Gasteiger partial charge in [0.1, 0.15) is 5.01 Å². The summed E-state index contributed by atoms with van der Waals surface area (Å²) in [7, 11) is 0. The van der Waals surface area contributed by atoms with Crippen LogP contribution in [0.15, 0.2) is 72.2 Å². The van der Waals surface area contributed by atoms with Gasteiger partial charge in [-0.3, -0.25) is 4.79 Å². The molecular formula is C16H14N2OS. The molecule has 2 aromatic carbocycles. The minimum atomic E-state index is -0.379. The van der Waals surface area contributed by atoms with Crippen LogP contribution in [0.4, 0.5) is 0 Å². The van der Waals surface area contributed by atoms with Crippen LogP contribution in [0.2, 0.25) is 0 Å². The summed E-state index contributed by atoms with van der Waals surface area (Å²) in [5.74, 6) is -0.379. The molecule has 0 spiro atoms. The largest absolute Gasteiger partial charge is 0.366 e. The molecule has 1 heterocycles. The summed E-state index contributed by atoms with van der Waals surface area (Å²) in [6.07, 6.45) is 1.83. The summed E-state index contributed by atoms with van der Waals surface area (Å²) >= 11 is 1.66. The van der Waals surface area contributed by atoms with Gasteiger partial charge in [-0.25, -0.2) is 4.98 Å². The highest BCUT2D eigenvalue weighted by Crippen LogP contribution is 2.20. The van der Waals surface area contributed by atoms with Crippen molar-refractivity contribution >= 4 is 17.2 Å². The Hall–Kier alpha value is -2.46. The average molecular weight is 282 g/mol. The number of carbonyl (C=O) groups excluding carboxylic acids is 1.